The molecular weight excluding hydrogens is 261 g/mol. The number of nitrogens with one attached hydrogen (secondary N) is 1. The van der Waals surface area contributed by atoms with Gasteiger partial charge in [0.25, 0.3) is 0 Å². The van der Waals surface area contributed by atoms with Gasteiger partial charge < -0.3 is 5.32 Å². The molecule has 19 heavy (non-hydrogen) atoms. The Balaban J connectivity index is 1.68. The molecule has 0 aromatic heterocycles. The average Bonchev–Trinajstić information content (AvgIpc) is 3.23. The molecule has 0 atom stereocenters. The summed E-state index contributed by atoms with van der Waals surface area (Å²) in [7, 11) is 0. The van der Waals surface area contributed by atoms with Gasteiger partial charge in [-0.25, -0.2) is 4.39 Å². The summed E-state index contributed by atoms with van der Waals surface area (Å²) in [6.45, 7) is 0.575. The standard InChI is InChI=1S/C16H15ClFN/c17-14-2-1-3-15(18)16(14)19-10-11-4-6-12(7-5-11)13-8-9-13/h1-7,13,19H,8-10H2. The van der Waals surface area contributed by atoms with Crippen LogP contribution < -0.4 is 5.32 Å². The minimum absolute atomic E-state index is 0.317. The highest BCUT2D eigenvalue weighted by Gasteiger charge is 2.22. The molecule has 0 saturated heterocycles. The molecule has 0 aliphatic heterocycles. The molecule has 0 radical (unpaired) electrons. The normalized spacial score (nSPS) is 14.4. The summed E-state index contributed by atoms with van der Waals surface area (Å²) in [5.74, 6) is 0.449. The van der Waals surface area contributed by atoms with E-state index in [1.807, 2.05) is 0 Å². The SMILES string of the molecule is Fc1cccc(Cl)c1NCc1ccc(C2CC2)cc1. The van der Waals surface area contributed by atoms with Crippen LogP contribution in [0, 0.1) is 5.82 Å². The quantitative estimate of drug-likeness (QED) is 0.831. The van der Waals surface area contributed by atoms with E-state index in [0.717, 1.165) is 11.5 Å². The fraction of sp³-hybridized carbons (Fsp3) is 0.250. The largest absolute Gasteiger partial charge is 0.377 e. The zero-order valence-corrected chi connectivity index (χ0v) is 11.3. The number of hydrogen-bond acceptors (Lipinski definition) is 1. The van der Waals surface area contributed by atoms with Crippen molar-refractivity contribution in [1.82, 2.24) is 0 Å². The first-order valence-electron chi connectivity index (χ1n) is 6.51. The summed E-state index contributed by atoms with van der Waals surface area (Å²) in [5.41, 5.74) is 2.91. The Kier molecular flexibility index (Phi) is 3.43. The van der Waals surface area contributed by atoms with Crippen LogP contribution in [0.2, 0.25) is 5.02 Å². The van der Waals surface area contributed by atoms with Gasteiger partial charge in [0, 0.05) is 6.54 Å². The van der Waals surface area contributed by atoms with Gasteiger partial charge in [0.2, 0.25) is 0 Å². The van der Waals surface area contributed by atoms with Crippen molar-refractivity contribution in [2.75, 3.05) is 5.32 Å². The molecule has 1 N–H and O–H groups in total. The van der Waals surface area contributed by atoms with Crippen LogP contribution in [0.25, 0.3) is 0 Å². The Bertz CT molecular complexity index is 556. The summed E-state index contributed by atoms with van der Waals surface area (Å²) in [5, 5.41) is 3.47. The Labute approximate surface area is 117 Å². The van der Waals surface area contributed by atoms with E-state index in [-0.39, 0.29) is 5.82 Å². The van der Waals surface area contributed by atoms with Crippen LogP contribution in [0.1, 0.15) is 29.9 Å². The first kappa shape index (κ1) is 12.5. The minimum atomic E-state index is -0.317. The first-order valence-corrected chi connectivity index (χ1v) is 6.88. The molecule has 1 aliphatic rings. The molecule has 1 nitrogen and oxygen atoms in total. The van der Waals surface area contributed by atoms with Crippen molar-refractivity contribution in [2.45, 2.75) is 25.3 Å². The van der Waals surface area contributed by atoms with E-state index < -0.39 is 0 Å². The van der Waals surface area contributed by atoms with Crippen molar-refractivity contribution >= 4 is 17.3 Å². The molecular formula is C16H15ClFN. The number of anilines is 1. The maximum atomic E-state index is 13.6. The topological polar surface area (TPSA) is 12.0 Å². The molecule has 1 fully saturated rings. The molecule has 0 amide bonds. The third kappa shape index (κ3) is 2.90. The molecule has 0 unspecified atom stereocenters. The molecule has 98 valence electrons. The van der Waals surface area contributed by atoms with Gasteiger partial charge in [-0.15, -0.1) is 0 Å². The van der Waals surface area contributed by atoms with Crippen molar-refractivity contribution in [3.05, 3.63) is 64.4 Å². The first-order chi connectivity index (χ1) is 9.24. The smallest absolute Gasteiger partial charge is 0.147 e. The van der Waals surface area contributed by atoms with Gasteiger partial charge >= 0.3 is 0 Å². The molecule has 2 aromatic carbocycles. The van der Waals surface area contributed by atoms with E-state index in [4.69, 9.17) is 11.6 Å². The fourth-order valence-corrected chi connectivity index (χ4v) is 2.41. The number of para-hydroxylation sites is 1. The minimum Gasteiger partial charge on any atom is -0.377 e. The molecule has 1 saturated carbocycles. The summed E-state index contributed by atoms with van der Waals surface area (Å²) < 4.78 is 13.6. The van der Waals surface area contributed by atoms with E-state index in [1.54, 1.807) is 12.1 Å². The Morgan fingerprint density at radius 1 is 1.11 bits per heavy atom. The lowest BCUT2D eigenvalue weighted by Crippen LogP contribution is -2.02. The molecule has 2 aromatic rings. The summed E-state index contributed by atoms with van der Waals surface area (Å²) in [6, 6.07) is 13.2. The van der Waals surface area contributed by atoms with Crippen LogP contribution in [0.4, 0.5) is 10.1 Å². The van der Waals surface area contributed by atoms with Crippen LogP contribution in [-0.2, 0) is 6.54 Å². The van der Waals surface area contributed by atoms with Crippen molar-refractivity contribution < 1.29 is 4.39 Å². The van der Waals surface area contributed by atoms with Crippen LogP contribution in [-0.4, -0.2) is 0 Å². The third-order valence-corrected chi connectivity index (χ3v) is 3.78. The second kappa shape index (κ2) is 5.22. The third-order valence-electron chi connectivity index (χ3n) is 3.46. The van der Waals surface area contributed by atoms with E-state index in [9.17, 15) is 4.39 Å². The van der Waals surface area contributed by atoms with Crippen molar-refractivity contribution in [3.63, 3.8) is 0 Å². The van der Waals surface area contributed by atoms with Crippen LogP contribution in [0.15, 0.2) is 42.5 Å². The van der Waals surface area contributed by atoms with Crippen LogP contribution >= 0.6 is 11.6 Å². The van der Waals surface area contributed by atoms with Crippen LogP contribution in [0.3, 0.4) is 0 Å². The lowest BCUT2D eigenvalue weighted by atomic mass is 10.1. The number of rotatable bonds is 4. The summed E-state index contributed by atoms with van der Waals surface area (Å²) >= 11 is 5.97. The molecule has 0 heterocycles. The predicted molar refractivity (Wildman–Crippen MR) is 77.2 cm³/mol. The second-order valence-electron chi connectivity index (χ2n) is 4.97. The maximum absolute atomic E-state index is 13.6. The van der Waals surface area contributed by atoms with Gasteiger partial charge in [-0.05, 0) is 42.0 Å². The van der Waals surface area contributed by atoms with Crippen LogP contribution in [0.5, 0.6) is 0 Å². The van der Waals surface area contributed by atoms with Crippen molar-refractivity contribution in [1.29, 1.82) is 0 Å². The summed E-state index contributed by atoms with van der Waals surface area (Å²) in [4.78, 5) is 0. The second-order valence-corrected chi connectivity index (χ2v) is 5.37. The van der Waals surface area contributed by atoms with E-state index in [0.29, 0.717) is 17.3 Å². The zero-order valence-electron chi connectivity index (χ0n) is 10.5. The maximum Gasteiger partial charge on any atom is 0.147 e. The molecule has 3 rings (SSSR count). The molecule has 0 spiro atoms. The van der Waals surface area contributed by atoms with Gasteiger partial charge in [-0.3, -0.25) is 0 Å². The van der Waals surface area contributed by atoms with Gasteiger partial charge in [-0.1, -0.05) is 41.9 Å². The Morgan fingerprint density at radius 3 is 2.47 bits per heavy atom. The fourth-order valence-electron chi connectivity index (χ4n) is 2.18. The monoisotopic (exact) mass is 275 g/mol. The Hall–Kier alpha value is -1.54. The average molecular weight is 276 g/mol. The van der Waals surface area contributed by atoms with Crippen molar-refractivity contribution in [3.8, 4) is 0 Å². The lowest BCUT2D eigenvalue weighted by molar-refractivity contribution is 0.630. The molecule has 3 heteroatoms. The zero-order chi connectivity index (χ0) is 13.2. The number of hydrogen-bond donors (Lipinski definition) is 1. The highest BCUT2D eigenvalue weighted by atomic mass is 35.5. The number of halogens is 2. The summed E-state index contributed by atoms with van der Waals surface area (Å²) in [6.07, 6.45) is 2.62. The number of benzene rings is 2. The van der Waals surface area contributed by atoms with E-state index in [2.05, 4.69) is 29.6 Å². The highest BCUT2D eigenvalue weighted by Crippen LogP contribution is 2.39. The van der Waals surface area contributed by atoms with Gasteiger partial charge in [0.15, 0.2) is 0 Å². The molecule has 1 aliphatic carbocycles. The Morgan fingerprint density at radius 2 is 1.84 bits per heavy atom. The van der Waals surface area contributed by atoms with Crippen molar-refractivity contribution in [2.24, 2.45) is 0 Å². The van der Waals surface area contributed by atoms with Gasteiger partial charge in [0.05, 0.1) is 10.7 Å². The highest BCUT2D eigenvalue weighted by molar-refractivity contribution is 6.33. The van der Waals surface area contributed by atoms with Gasteiger partial charge in [-0.2, -0.15) is 0 Å². The van der Waals surface area contributed by atoms with E-state index in [1.165, 1.54) is 24.5 Å². The van der Waals surface area contributed by atoms with E-state index >= 15 is 0 Å². The lowest BCUT2D eigenvalue weighted by Gasteiger charge is -2.10. The molecule has 0 bridgehead atoms. The predicted octanol–water partition coefficient (Wildman–Crippen LogP) is 4.97. The van der Waals surface area contributed by atoms with Gasteiger partial charge in [0.1, 0.15) is 5.82 Å².